The molecular weight excluding hydrogens is 180 g/mol. The van der Waals surface area contributed by atoms with Crippen molar-refractivity contribution in [2.45, 2.75) is 60.2 Å². The molecule has 0 N–H and O–H groups in total. The number of esters is 1. The fourth-order valence-corrected chi connectivity index (χ4v) is 0.790. The van der Waals surface area contributed by atoms with Crippen LogP contribution in [0, 0.1) is 0 Å². The summed E-state index contributed by atoms with van der Waals surface area (Å²) in [6, 6.07) is 0. The molecule has 0 saturated carbocycles. The van der Waals surface area contributed by atoms with Gasteiger partial charge in [0.15, 0.2) is 0 Å². The van der Waals surface area contributed by atoms with E-state index in [1.807, 2.05) is 34.6 Å². The number of carbonyl (C=O) groups is 1. The zero-order chi connectivity index (χ0) is 11.6. The Kier molecular flexibility index (Phi) is 11.9. The first-order chi connectivity index (χ1) is 6.40. The highest BCUT2D eigenvalue weighted by Crippen LogP contribution is 1.93. The number of rotatable bonds is 4. The monoisotopic (exact) mass is 204 g/mol. The van der Waals surface area contributed by atoms with Crippen LogP contribution in [-0.2, 0) is 14.3 Å². The summed E-state index contributed by atoms with van der Waals surface area (Å²) < 4.78 is 9.80. The molecule has 3 heteroatoms. The lowest BCUT2D eigenvalue weighted by Crippen LogP contribution is -2.09. The van der Waals surface area contributed by atoms with Crippen LogP contribution < -0.4 is 0 Å². The van der Waals surface area contributed by atoms with Gasteiger partial charge in [-0.15, -0.1) is 0 Å². The third-order valence-corrected chi connectivity index (χ3v) is 1.05. The van der Waals surface area contributed by atoms with E-state index in [1.54, 1.807) is 0 Å². The number of ether oxygens (including phenoxy) is 2. The standard InChI is InChI=1S/C6H14O.C5H10O2/c1-5(2)7-6(3)4;1-3-4-7-5(2)6/h5-6H,1-4H3;3-4H2,1-2H3. The van der Waals surface area contributed by atoms with Crippen LogP contribution in [0.5, 0.6) is 0 Å². The van der Waals surface area contributed by atoms with E-state index in [0.717, 1.165) is 6.42 Å². The van der Waals surface area contributed by atoms with E-state index >= 15 is 0 Å². The molecule has 0 rings (SSSR count). The summed E-state index contributed by atoms with van der Waals surface area (Å²) >= 11 is 0. The second-order valence-electron chi connectivity index (χ2n) is 3.57. The molecule has 3 nitrogen and oxygen atoms in total. The molecule has 86 valence electrons. The van der Waals surface area contributed by atoms with Crippen molar-refractivity contribution in [3.8, 4) is 0 Å². The largest absolute Gasteiger partial charge is 0.466 e. The molecule has 0 aromatic rings. The maximum atomic E-state index is 9.98. The molecule has 0 spiro atoms. The van der Waals surface area contributed by atoms with Crippen LogP contribution in [0.15, 0.2) is 0 Å². The van der Waals surface area contributed by atoms with Crippen molar-refractivity contribution in [1.29, 1.82) is 0 Å². The van der Waals surface area contributed by atoms with Crippen molar-refractivity contribution in [2.24, 2.45) is 0 Å². The van der Waals surface area contributed by atoms with Crippen molar-refractivity contribution in [3.05, 3.63) is 0 Å². The summed E-state index contributed by atoms with van der Waals surface area (Å²) in [5.74, 6) is -0.193. The van der Waals surface area contributed by atoms with Gasteiger partial charge in [0, 0.05) is 6.92 Å². The molecule has 0 aromatic carbocycles. The van der Waals surface area contributed by atoms with Crippen molar-refractivity contribution in [2.75, 3.05) is 6.61 Å². The molecule has 0 radical (unpaired) electrons. The topological polar surface area (TPSA) is 35.5 Å². The van der Waals surface area contributed by atoms with Crippen LogP contribution in [0.3, 0.4) is 0 Å². The second kappa shape index (κ2) is 10.5. The Morgan fingerprint density at radius 2 is 1.57 bits per heavy atom. The van der Waals surface area contributed by atoms with Gasteiger partial charge in [-0.3, -0.25) is 4.79 Å². The minimum Gasteiger partial charge on any atom is -0.466 e. The lowest BCUT2D eigenvalue weighted by atomic mass is 10.4. The fraction of sp³-hybridized carbons (Fsp3) is 0.909. The van der Waals surface area contributed by atoms with Crippen LogP contribution >= 0.6 is 0 Å². The first kappa shape index (κ1) is 15.9. The van der Waals surface area contributed by atoms with Gasteiger partial charge in [0.1, 0.15) is 0 Å². The van der Waals surface area contributed by atoms with Crippen LogP contribution in [-0.4, -0.2) is 24.8 Å². The third-order valence-electron chi connectivity index (χ3n) is 1.05. The van der Waals surface area contributed by atoms with Gasteiger partial charge in [-0.1, -0.05) is 6.92 Å². The predicted molar refractivity (Wildman–Crippen MR) is 58.3 cm³/mol. The van der Waals surface area contributed by atoms with Crippen LogP contribution in [0.1, 0.15) is 48.0 Å². The summed E-state index contributed by atoms with van der Waals surface area (Å²) in [5, 5.41) is 0. The molecule has 14 heavy (non-hydrogen) atoms. The third kappa shape index (κ3) is 22.5. The molecular formula is C11H24O3. The molecule has 0 unspecified atom stereocenters. The normalized spacial score (nSPS) is 9.71. The van der Waals surface area contributed by atoms with E-state index in [-0.39, 0.29) is 5.97 Å². The summed E-state index contributed by atoms with van der Waals surface area (Å²) in [6.07, 6.45) is 1.65. The van der Waals surface area contributed by atoms with E-state index < -0.39 is 0 Å². The van der Waals surface area contributed by atoms with Gasteiger partial charge in [0.05, 0.1) is 18.8 Å². The maximum absolute atomic E-state index is 9.98. The smallest absolute Gasteiger partial charge is 0.302 e. The molecule has 0 heterocycles. The number of carbonyl (C=O) groups excluding carboxylic acids is 1. The first-order valence-electron chi connectivity index (χ1n) is 5.18. The highest BCUT2D eigenvalue weighted by atomic mass is 16.5. The van der Waals surface area contributed by atoms with Gasteiger partial charge in [-0.2, -0.15) is 0 Å². The highest BCUT2D eigenvalue weighted by Gasteiger charge is 1.94. The SMILES string of the molecule is CC(C)OC(C)C.CCCOC(C)=O. The average molecular weight is 204 g/mol. The first-order valence-corrected chi connectivity index (χ1v) is 5.18. The van der Waals surface area contributed by atoms with Crippen molar-refractivity contribution >= 4 is 5.97 Å². The lowest BCUT2D eigenvalue weighted by molar-refractivity contribution is -0.140. The van der Waals surface area contributed by atoms with Crippen molar-refractivity contribution in [1.82, 2.24) is 0 Å². The van der Waals surface area contributed by atoms with Crippen molar-refractivity contribution < 1.29 is 14.3 Å². The maximum Gasteiger partial charge on any atom is 0.302 e. The Balaban J connectivity index is 0. The minimum atomic E-state index is -0.193. The van der Waals surface area contributed by atoms with Gasteiger partial charge in [-0.05, 0) is 34.1 Å². The molecule has 0 aliphatic rings. The number of hydrogen-bond acceptors (Lipinski definition) is 3. The zero-order valence-corrected chi connectivity index (χ0v) is 10.3. The zero-order valence-electron chi connectivity index (χ0n) is 10.3. The predicted octanol–water partition coefficient (Wildman–Crippen LogP) is 2.78. The van der Waals surface area contributed by atoms with Gasteiger partial charge in [0.25, 0.3) is 0 Å². The second-order valence-corrected chi connectivity index (χ2v) is 3.57. The Bertz CT molecular complexity index is 124. The molecule has 0 atom stereocenters. The van der Waals surface area contributed by atoms with Gasteiger partial charge < -0.3 is 9.47 Å². The Morgan fingerprint density at radius 1 is 1.14 bits per heavy atom. The number of hydrogen-bond donors (Lipinski definition) is 0. The lowest BCUT2D eigenvalue weighted by Gasteiger charge is -2.09. The molecule has 0 aromatic heterocycles. The van der Waals surface area contributed by atoms with Crippen molar-refractivity contribution in [3.63, 3.8) is 0 Å². The summed E-state index contributed by atoms with van der Waals surface area (Å²) in [5.41, 5.74) is 0. The molecule has 0 aliphatic carbocycles. The van der Waals surface area contributed by atoms with E-state index in [1.165, 1.54) is 6.92 Å². The molecule has 0 bridgehead atoms. The van der Waals surface area contributed by atoms with Crippen LogP contribution in [0.25, 0.3) is 0 Å². The van der Waals surface area contributed by atoms with E-state index in [0.29, 0.717) is 18.8 Å². The summed E-state index contributed by atoms with van der Waals surface area (Å²) in [4.78, 5) is 9.98. The molecule has 0 saturated heterocycles. The Morgan fingerprint density at radius 3 is 1.64 bits per heavy atom. The summed E-state index contributed by atoms with van der Waals surface area (Å²) in [7, 11) is 0. The van der Waals surface area contributed by atoms with Gasteiger partial charge >= 0.3 is 5.97 Å². The Labute approximate surface area is 87.8 Å². The molecule has 0 fully saturated rings. The minimum absolute atomic E-state index is 0.193. The average Bonchev–Trinajstić information content (AvgIpc) is 1.99. The molecule has 0 aliphatic heterocycles. The van der Waals surface area contributed by atoms with E-state index in [4.69, 9.17) is 4.74 Å². The van der Waals surface area contributed by atoms with Crippen LogP contribution in [0.4, 0.5) is 0 Å². The fourth-order valence-electron chi connectivity index (χ4n) is 0.790. The summed E-state index contributed by atoms with van der Waals surface area (Å²) in [6.45, 7) is 12.1. The van der Waals surface area contributed by atoms with E-state index in [9.17, 15) is 4.79 Å². The van der Waals surface area contributed by atoms with Crippen LogP contribution in [0.2, 0.25) is 0 Å². The molecule has 0 amide bonds. The Hall–Kier alpha value is -0.570. The van der Waals surface area contributed by atoms with E-state index in [2.05, 4.69) is 4.74 Å². The highest BCUT2D eigenvalue weighted by molar-refractivity contribution is 5.65. The quantitative estimate of drug-likeness (QED) is 0.660. The van der Waals surface area contributed by atoms with Gasteiger partial charge in [0.2, 0.25) is 0 Å². The van der Waals surface area contributed by atoms with Gasteiger partial charge in [-0.25, -0.2) is 0 Å².